The molecule has 1 heterocycles. The summed E-state index contributed by atoms with van der Waals surface area (Å²) in [7, 11) is 0. The Morgan fingerprint density at radius 3 is 1.82 bits per heavy atom. The highest BCUT2D eigenvalue weighted by atomic mass is 14.9. The third-order valence-corrected chi connectivity index (χ3v) is 4.09. The SMILES string of the molecule is Cc1ccc(C=C2c3ccccc3Nc3ccccc32)cc1. The molecule has 0 saturated heterocycles. The number of aryl methyl sites for hydroxylation is 1. The summed E-state index contributed by atoms with van der Waals surface area (Å²) in [6, 6.07) is 25.6. The molecule has 0 radical (unpaired) electrons. The molecule has 1 aliphatic rings. The summed E-state index contributed by atoms with van der Waals surface area (Å²) in [4.78, 5) is 0. The van der Waals surface area contributed by atoms with Gasteiger partial charge in [-0.15, -0.1) is 0 Å². The van der Waals surface area contributed by atoms with Gasteiger partial charge in [-0.3, -0.25) is 0 Å². The van der Waals surface area contributed by atoms with Gasteiger partial charge in [-0.1, -0.05) is 66.2 Å². The molecule has 1 nitrogen and oxygen atoms in total. The maximum atomic E-state index is 3.52. The van der Waals surface area contributed by atoms with Gasteiger partial charge in [0, 0.05) is 22.5 Å². The number of hydrogen-bond acceptors (Lipinski definition) is 1. The zero-order valence-corrected chi connectivity index (χ0v) is 12.5. The van der Waals surface area contributed by atoms with Crippen LogP contribution >= 0.6 is 0 Å². The lowest BCUT2D eigenvalue weighted by molar-refractivity contribution is 1.43. The Hall–Kier alpha value is -2.80. The van der Waals surface area contributed by atoms with Crippen molar-refractivity contribution in [3.8, 4) is 0 Å². The summed E-state index contributed by atoms with van der Waals surface area (Å²) >= 11 is 0. The molecule has 1 heteroatoms. The van der Waals surface area contributed by atoms with Crippen molar-refractivity contribution in [2.75, 3.05) is 5.32 Å². The highest BCUT2D eigenvalue weighted by molar-refractivity contribution is 6.02. The first-order valence-electron chi connectivity index (χ1n) is 7.55. The van der Waals surface area contributed by atoms with Gasteiger partial charge < -0.3 is 5.32 Å². The average molecular weight is 283 g/mol. The Labute approximate surface area is 130 Å². The third kappa shape index (κ3) is 2.21. The highest BCUT2D eigenvalue weighted by Crippen LogP contribution is 2.41. The summed E-state index contributed by atoms with van der Waals surface area (Å²) < 4.78 is 0. The predicted octanol–water partition coefficient (Wildman–Crippen LogP) is 5.64. The maximum Gasteiger partial charge on any atom is 0.0464 e. The molecule has 0 spiro atoms. The van der Waals surface area contributed by atoms with E-state index in [1.54, 1.807) is 0 Å². The van der Waals surface area contributed by atoms with Gasteiger partial charge in [-0.25, -0.2) is 0 Å². The van der Waals surface area contributed by atoms with Crippen LogP contribution in [0.25, 0.3) is 11.6 Å². The normalized spacial score (nSPS) is 12.1. The number of hydrogen-bond donors (Lipinski definition) is 1. The Balaban J connectivity index is 1.93. The van der Waals surface area contributed by atoms with E-state index >= 15 is 0 Å². The molecule has 3 aromatic rings. The van der Waals surface area contributed by atoms with Crippen molar-refractivity contribution >= 4 is 23.0 Å². The first-order valence-corrected chi connectivity index (χ1v) is 7.55. The average Bonchev–Trinajstić information content (AvgIpc) is 2.56. The lowest BCUT2D eigenvalue weighted by Crippen LogP contribution is -2.05. The number of nitrogens with one attached hydrogen (secondary N) is 1. The van der Waals surface area contributed by atoms with Crippen LogP contribution in [-0.4, -0.2) is 0 Å². The fourth-order valence-electron chi connectivity index (χ4n) is 2.93. The summed E-state index contributed by atoms with van der Waals surface area (Å²) in [6.45, 7) is 2.12. The van der Waals surface area contributed by atoms with Crippen LogP contribution in [0.2, 0.25) is 0 Å². The summed E-state index contributed by atoms with van der Waals surface area (Å²) in [5.74, 6) is 0. The minimum atomic E-state index is 1.17. The van der Waals surface area contributed by atoms with E-state index in [2.05, 4.69) is 91.1 Å². The minimum Gasteiger partial charge on any atom is -0.355 e. The van der Waals surface area contributed by atoms with E-state index in [4.69, 9.17) is 0 Å². The quantitative estimate of drug-likeness (QED) is 0.476. The van der Waals surface area contributed by atoms with Gasteiger partial charge in [-0.2, -0.15) is 0 Å². The molecule has 0 atom stereocenters. The Morgan fingerprint density at radius 2 is 1.23 bits per heavy atom. The second kappa shape index (κ2) is 5.19. The van der Waals surface area contributed by atoms with Gasteiger partial charge in [0.15, 0.2) is 0 Å². The van der Waals surface area contributed by atoms with Gasteiger partial charge in [-0.05, 0) is 36.3 Å². The number of anilines is 2. The number of benzene rings is 3. The molecule has 22 heavy (non-hydrogen) atoms. The van der Waals surface area contributed by atoms with E-state index in [0.29, 0.717) is 0 Å². The second-order valence-electron chi connectivity index (χ2n) is 5.68. The monoisotopic (exact) mass is 283 g/mol. The second-order valence-corrected chi connectivity index (χ2v) is 5.68. The molecule has 1 N–H and O–H groups in total. The van der Waals surface area contributed by atoms with E-state index in [0.717, 1.165) is 0 Å². The van der Waals surface area contributed by atoms with Crippen LogP contribution in [0.4, 0.5) is 11.4 Å². The largest absolute Gasteiger partial charge is 0.355 e. The standard InChI is InChI=1S/C21H17N/c1-15-10-12-16(13-11-15)14-19-17-6-2-4-8-20(17)22-21-9-5-3-7-18(19)21/h2-14,22H,1H3. The molecule has 1 aliphatic heterocycles. The van der Waals surface area contributed by atoms with Gasteiger partial charge in [0.25, 0.3) is 0 Å². The molecule has 0 fully saturated rings. The molecule has 0 bridgehead atoms. The Kier molecular flexibility index (Phi) is 3.05. The molecule has 106 valence electrons. The van der Waals surface area contributed by atoms with Crippen LogP contribution in [0.1, 0.15) is 22.3 Å². The van der Waals surface area contributed by atoms with E-state index in [1.165, 1.54) is 39.2 Å². The minimum absolute atomic E-state index is 1.17. The lowest BCUT2D eigenvalue weighted by atomic mass is 9.90. The first kappa shape index (κ1) is 12.9. The zero-order valence-electron chi connectivity index (χ0n) is 12.5. The molecule has 0 aliphatic carbocycles. The van der Waals surface area contributed by atoms with Gasteiger partial charge >= 0.3 is 0 Å². The smallest absolute Gasteiger partial charge is 0.0464 e. The van der Waals surface area contributed by atoms with Gasteiger partial charge in [0.2, 0.25) is 0 Å². The van der Waals surface area contributed by atoms with Crippen molar-refractivity contribution in [3.63, 3.8) is 0 Å². The number of para-hydroxylation sites is 2. The van der Waals surface area contributed by atoms with E-state index in [1.807, 2.05) is 0 Å². The van der Waals surface area contributed by atoms with Crippen molar-refractivity contribution < 1.29 is 0 Å². The Bertz CT molecular complexity index is 810. The summed E-state index contributed by atoms with van der Waals surface area (Å²) in [6.07, 6.45) is 2.28. The summed E-state index contributed by atoms with van der Waals surface area (Å²) in [5.41, 5.74) is 8.62. The topological polar surface area (TPSA) is 12.0 Å². The third-order valence-electron chi connectivity index (χ3n) is 4.09. The van der Waals surface area contributed by atoms with Crippen molar-refractivity contribution in [1.82, 2.24) is 0 Å². The molecule has 0 amide bonds. The van der Waals surface area contributed by atoms with Crippen LogP contribution in [0.15, 0.2) is 72.8 Å². The van der Waals surface area contributed by atoms with Crippen LogP contribution in [0, 0.1) is 6.92 Å². The van der Waals surface area contributed by atoms with Crippen LogP contribution in [0.5, 0.6) is 0 Å². The van der Waals surface area contributed by atoms with Gasteiger partial charge in [0.05, 0.1) is 0 Å². The molecule has 0 unspecified atom stereocenters. The fourth-order valence-corrected chi connectivity index (χ4v) is 2.93. The van der Waals surface area contributed by atoms with Crippen molar-refractivity contribution in [2.24, 2.45) is 0 Å². The van der Waals surface area contributed by atoms with Crippen LogP contribution in [0.3, 0.4) is 0 Å². The van der Waals surface area contributed by atoms with E-state index < -0.39 is 0 Å². The lowest BCUT2D eigenvalue weighted by Gasteiger charge is -2.24. The predicted molar refractivity (Wildman–Crippen MR) is 94.3 cm³/mol. The molecular weight excluding hydrogens is 266 g/mol. The van der Waals surface area contributed by atoms with Crippen molar-refractivity contribution in [2.45, 2.75) is 6.92 Å². The first-order chi connectivity index (χ1) is 10.8. The highest BCUT2D eigenvalue weighted by Gasteiger charge is 2.18. The molecular formula is C21H17N. The fraction of sp³-hybridized carbons (Fsp3) is 0.0476. The number of rotatable bonds is 1. The molecule has 0 saturated carbocycles. The van der Waals surface area contributed by atoms with E-state index in [9.17, 15) is 0 Å². The maximum absolute atomic E-state index is 3.52. The van der Waals surface area contributed by atoms with Crippen molar-refractivity contribution in [3.05, 3.63) is 95.1 Å². The summed E-state index contributed by atoms with van der Waals surface area (Å²) in [5, 5.41) is 3.52. The van der Waals surface area contributed by atoms with E-state index in [-0.39, 0.29) is 0 Å². The molecule has 3 aromatic carbocycles. The van der Waals surface area contributed by atoms with Gasteiger partial charge in [0.1, 0.15) is 0 Å². The van der Waals surface area contributed by atoms with Crippen molar-refractivity contribution in [1.29, 1.82) is 0 Å². The molecule has 4 rings (SSSR count). The van der Waals surface area contributed by atoms with Crippen LogP contribution in [-0.2, 0) is 0 Å². The molecule has 0 aromatic heterocycles. The number of fused-ring (bicyclic) bond motifs is 2. The zero-order chi connectivity index (χ0) is 14.9. The van der Waals surface area contributed by atoms with Crippen LogP contribution < -0.4 is 5.32 Å². The Morgan fingerprint density at radius 1 is 0.682 bits per heavy atom.